The van der Waals surface area contributed by atoms with Gasteiger partial charge in [0.15, 0.2) is 0 Å². The minimum Gasteiger partial charge on any atom is -0.274 e. The number of carbonyl (C=O) groups is 1. The molecule has 3 heteroatoms. The summed E-state index contributed by atoms with van der Waals surface area (Å²) in [5.74, 6) is -0.0193. The van der Waals surface area contributed by atoms with Crippen LogP contribution in [-0.4, -0.2) is 17.4 Å². The van der Waals surface area contributed by atoms with E-state index in [1.807, 2.05) is 6.92 Å². The van der Waals surface area contributed by atoms with E-state index in [-0.39, 0.29) is 5.91 Å². The van der Waals surface area contributed by atoms with Crippen molar-refractivity contribution < 1.29 is 4.79 Å². The summed E-state index contributed by atoms with van der Waals surface area (Å²) in [6, 6.07) is 0. The second kappa shape index (κ2) is 3.72. The molecule has 0 aliphatic heterocycles. The van der Waals surface area contributed by atoms with Crippen LogP contribution >= 0.6 is 11.8 Å². The molecule has 0 fully saturated rings. The van der Waals surface area contributed by atoms with Gasteiger partial charge < -0.3 is 0 Å². The highest BCUT2D eigenvalue weighted by Gasteiger charge is 2.01. The SMILES string of the molecule is CCCC(=O)N(C)Cl. The lowest BCUT2D eigenvalue weighted by Gasteiger charge is -2.03. The van der Waals surface area contributed by atoms with Gasteiger partial charge in [-0.3, -0.25) is 9.21 Å². The fourth-order valence-electron chi connectivity index (χ4n) is 0.368. The molecule has 8 heavy (non-hydrogen) atoms. The molecule has 1 amide bonds. The lowest BCUT2D eigenvalue weighted by Crippen LogP contribution is -2.14. The Kier molecular flexibility index (Phi) is 3.61. The van der Waals surface area contributed by atoms with Gasteiger partial charge in [-0.1, -0.05) is 6.92 Å². The van der Waals surface area contributed by atoms with Crippen molar-refractivity contribution >= 4 is 17.7 Å². The smallest absolute Gasteiger partial charge is 0.236 e. The van der Waals surface area contributed by atoms with Crippen LogP contribution in [-0.2, 0) is 4.79 Å². The third-order valence-corrected chi connectivity index (χ3v) is 0.996. The Morgan fingerprint density at radius 1 is 1.75 bits per heavy atom. The molecule has 0 aliphatic carbocycles. The van der Waals surface area contributed by atoms with Gasteiger partial charge >= 0.3 is 0 Å². The second-order valence-corrected chi connectivity index (χ2v) is 2.13. The first-order valence-corrected chi connectivity index (χ1v) is 2.94. The van der Waals surface area contributed by atoms with Crippen LogP contribution in [0.1, 0.15) is 19.8 Å². The van der Waals surface area contributed by atoms with Crippen molar-refractivity contribution in [3.63, 3.8) is 0 Å². The first kappa shape index (κ1) is 7.76. The van der Waals surface area contributed by atoms with Crippen molar-refractivity contribution in [2.24, 2.45) is 0 Å². The Morgan fingerprint density at radius 2 is 2.25 bits per heavy atom. The van der Waals surface area contributed by atoms with Crippen LogP contribution in [0.3, 0.4) is 0 Å². The highest BCUT2D eigenvalue weighted by Crippen LogP contribution is 1.95. The largest absolute Gasteiger partial charge is 0.274 e. The number of hydrogen-bond acceptors (Lipinski definition) is 1. The van der Waals surface area contributed by atoms with Crippen LogP contribution in [0.4, 0.5) is 0 Å². The number of hydrogen-bond donors (Lipinski definition) is 0. The molecule has 0 aromatic carbocycles. The molecule has 0 rings (SSSR count). The summed E-state index contributed by atoms with van der Waals surface area (Å²) < 4.78 is 1.09. The second-order valence-electron chi connectivity index (χ2n) is 1.62. The van der Waals surface area contributed by atoms with Crippen LogP contribution in [0.15, 0.2) is 0 Å². The zero-order valence-electron chi connectivity index (χ0n) is 5.15. The molecular weight excluding hydrogens is 126 g/mol. The number of halogens is 1. The third kappa shape index (κ3) is 2.86. The summed E-state index contributed by atoms with van der Waals surface area (Å²) in [6.07, 6.45) is 1.40. The molecule has 0 aliphatic rings. The molecule has 0 radical (unpaired) electrons. The van der Waals surface area contributed by atoms with E-state index >= 15 is 0 Å². The fraction of sp³-hybridized carbons (Fsp3) is 0.800. The Bertz CT molecular complexity index is 82.5. The van der Waals surface area contributed by atoms with E-state index in [1.165, 1.54) is 0 Å². The molecule has 0 saturated heterocycles. The minimum absolute atomic E-state index is 0.0193. The van der Waals surface area contributed by atoms with E-state index in [0.29, 0.717) is 6.42 Å². The predicted molar refractivity (Wildman–Crippen MR) is 33.5 cm³/mol. The van der Waals surface area contributed by atoms with Crippen molar-refractivity contribution in [1.82, 2.24) is 4.42 Å². The summed E-state index contributed by atoms with van der Waals surface area (Å²) in [6.45, 7) is 1.94. The van der Waals surface area contributed by atoms with Crippen molar-refractivity contribution in [3.05, 3.63) is 0 Å². The van der Waals surface area contributed by atoms with Gasteiger partial charge in [0, 0.05) is 25.2 Å². The average molecular weight is 136 g/mol. The lowest BCUT2D eigenvalue weighted by atomic mass is 10.3. The van der Waals surface area contributed by atoms with Crippen LogP contribution in [0.2, 0.25) is 0 Å². The normalized spacial score (nSPS) is 8.88. The van der Waals surface area contributed by atoms with E-state index in [1.54, 1.807) is 7.05 Å². The predicted octanol–water partition coefficient (Wildman–Crippen LogP) is 1.40. The van der Waals surface area contributed by atoms with Crippen LogP contribution in [0.5, 0.6) is 0 Å². The molecule has 0 saturated carbocycles. The quantitative estimate of drug-likeness (QED) is 0.524. The Labute approximate surface area is 54.5 Å². The summed E-state index contributed by atoms with van der Waals surface area (Å²) in [7, 11) is 1.54. The van der Waals surface area contributed by atoms with Gasteiger partial charge in [0.05, 0.1) is 0 Å². The summed E-state index contributed by atoms with van der Waals surface area (Å²) in [5.41, 5.74) is 0. The maximum atomic E-state index is 10.5. The molecule has 0 heterocycles. The first-order chi connectivity index (χ1) is 3.68. The van der Waals surface area contributed by atoms with Crippen molar-refractivity contribution in [2.45, 2.75) is 19.8 Å². The van der Waals surface area contributed by atoms with Crippen molar-refractivity contribution in [2.75, 3.05) is 7.05 Å². The first-order valence-electron chi connectivity index (χ1n) is 2.60. The molecule has 0 atom stereocenters. The molecule has 0 N–H and O–H groups in total. The molecule has 0 bridgehead atoms. The summed E-state index contributed by atoms with van der Waals surface area (Å²) >= 11 is 5.29. The third-order valence-electron chi connectivity index (χ3n) is 0.808. The van der Waals surface area contributed by atoms with Gasteiger partial charge in [-0.05, 0) is 6.42 Å². The maximum Gasteiger partial charge on any atom is 0.236 e. The van der Waals surface area contributed by atoms with Gasteiger partial charge in [-0.2, -0.15) is 0 Å². The summed E-state index contributed by atoms with van der Waals surface area (Å²) in [4.78, 5) is 10.5. The number of amides is 1. The zero-order chi connectivity index (χ0) is 6.57. The molecule has 0 aromatic rings. The zero-order valence-corrected chi connectivity index (χ0v) is 5.90. The lowest BCUT2D eigenvalue weighted by molar-refractivity contribution is -0.125. The van der Waals surface area contributed by atoms with Gasteiger partial charge in [0.1, 0.15) is 0 Å². The molecular formula is C5H10ClNO. The highest BCUT2D eigenvalue weighted by atomic mass is 35.5. The van der Waals surface area contributed by atoms with Gasteiger partial charge in [0.2, 0.25) is 5.91 Å². The molecule has 0 aromatic heterocycles. The van der Waals surface area contributed by atoms with Gasteiger partial charge in [-0.15, -0.1) is 0 Å². The van der Waals surface area contributed by atoms with Gasteiger partial charge in [-0.25, -0.2) is 0 Å². The monoisotopic (exact) mass is 135 g/mol. The van der Waals surface area contributed by atoms with E-state index in [0.717, 1.165) is 10.8 Å². The van der Waals surface area contributed by atoms with Gasteiger partial charge in [0.25, 0.3) is 0 Å². The van der Waals surface area contributed by atoms with E-state index in [9.17, 15) is 4.79 Å². The van der Waals surface area contributed by atoms with E-state index < -0.39 is 0 Å². The Hall–Kier alpha value is -0.240. The topological polar surface area (TPSA) is 20.3 Å². The average Bonchev–Trinajstić information content (AvgIpc) is 1.67. The minimum atomic E-state index is -0.0193. The van der Waals surface area contributed by atoms with Crippen molar-refractivity contribution in [3.8, 4) is 0 Å². The standard InChI is InChI=1S/C5H10ClNO/c1-3-4-5(8)7(2)6/h3-4H2,1-2H3. The molecule has 2 nitrogen and oxygen atoms in total. The van der Waals surface area contributed by atoms with Crippen LogP contribution in [0.25, 0.3) is 0 Å². The maximum absolute atomic E-state index is 10.5. The van der Waals surface area contributed by atoms with E-state index in [4.69, 9.17) is 11.8 Å². The number of rotatable bonds is 2. The fourth-order valence-corrected chi connectivity index (χ4v) is 0.452. The molecule has 0 unspecified atom stereocenters. The van der Waals surface area contributed by atoms with Crippen LogP contribution < -0.4 is 0 Å². The number of nitrogens with zero attached hydrogens (tertiary/aromatic N) is 1. The van der Waals surface area contributed by atoms with Crippen molar-refractivity contribution in [1.29, 1.82) is 0 Å². The Morgan fingerprint density at radius 3 is 2.38 bits per heavy atom. The van der Waals surface area contributed by atoms with E-state index in [2.05, 4.69) is 0 Å². The number of carbonyl (C=O) groups excluding carboxylic acids is 1. The molecule has 48 valence electrons. The highest BCUT2D eigenvalue weighted by molar-refractivity contribution is 6.20. The van der Waals surface area contributed by atoms with Crippen LogP contribution in [0, 0.1) is 0 Å². The Balaban J connectivity index is 3.33. The molecule has 0 spiro atoms. The summed E-state index contributed by atoms with van der Waals surface area (Å²) in [5, 5.41) is 0.